The lowest BCUT2D eigenvalue weighted by molar-refractivity contribution is -0.145. The van der Waals surface area contributed by atoms with Gasteiger partial charge in [-0.3, -0.25) is 9.59 Å². The quantitative estimate of drug-likeness (QED) is 0.591. The van der Waals surface area contributed by atoms with Gasteiger partial charge in [-0.05, 0) is 0 Å². The van der Waals surface area contributed by atoms with Crippen LogP contribution < -0.4 is 0 Å². The first kappa shape index (κ1) is 16.9. The first-order valence-corrected chi connectivity index (χ1v) is 6.94. The van der Waals surface area contributed by atoms with E-state index in [-0.39, 0.29) is 18.7 Å². The highest BCUT2D eigenvalue weighted by molar-refractivity contribution is 7.89. The lowest BCUT2D eigenvalue weighted by atomic mass is 10.2. The van der Waals surface area contributed by atoms with Crippen molar-refractivity contribution in [3.63, 3.8) is 0 Å². The Morgan fingerprint density at radius 3 is 2.22 bits per heavy atom. The monoisotopic (exact) mass is 281 g/mol. The van der Waals surface area contributed by atoms with E-state index < -0.39 is 27.9 Å². The summed E-state index contributed by atoms with van der Waals surface area (Å²) in [4.78, 5) is 22.0. The highest BCUT2D eigenvalue weighted by Gasteiger charge is 2.24. The summed E-state index contributed by atoms with van der Waals surface area (Å²) in [6.07, 6.45) is -0.213. The fraction of sp³-hybridized carbons (Fsp3) is 0.800. The summed E-state index contributed by atoms with van der Waals surface area (Å²) in [6, 6.07) is 0. The largest absolute Gasteiger partial charge is 0.469 e. The number of ether oxygens (including phenoxy) is 2. The molecule has 0 aromatic heterocycles. The van der Waals surface area contributed by atoms with Crippen molar-refractivity contribution in [1.82, 2.24) is 4.31 Å². The molecule has 0 aliphatic heterocycles. The van der Waals surface area contributed by atoms with Crippen LogP contribution in [0.25, 0.3) is 0 Å². The van der Waals surface area contributed by atoms with E-state index in [0.29, 0.717) is 0 Å². The van der Waals surface area contributed by atoms with Gasteiger partial charge in [0.15, 0.2) is 0 Å². The number of nitrogens with zero attached hydrogens (tertiary/aromatic N) is 1. The maximum atomic E-state index is 11.8. The molecular formula is C10H19NO6S. The van der Waals surface area contributed by atoms with Gasteiger partial charge in [0.05, 0.1) is 32.3 Å². The lowest BCUT2D eigenvalue weighted by Gasteiger charge is -2.19. The van der Waals surface area contributed by atoms with E-state index in [4.69, 9.17) is 0 Å². The number of hydrogen-bond acceptors (Lipinski definition) is 6. The van der Waals surface area contributed by atoms with E-state index in [0.717, 1.165) is 4.31 Å². The van der Waals surface area contributed by atoms with Gasteiger partial charge < -0.3 is 9.47 Å². The zero-order valence-corrected chi connectivity index (χ0v) is 11.8. The molecule has 0 saturated heterocycles. The third kappa shape index (κ3) is 5.46. The van der Waals surface area contributed by atoms with Crippen LogP contribution in [-0.2, 0) is 29.1 Å². The van der Waals surface area contributed by atoms with E-state index in [9.17, 15) is 18.0 Å². The molecule has 0 aliphatic rings. The van der Waals surface area contributed by atoms with Crippen LogP contribution in [0.1, 0.15) is 13.3 Å². The summed E-state index contributed by atoms with van der Waals surface area (Å²) in [6.45, 7) is 1.58. The Labute approximate surface area is 107 Å². The molecule has 0 aromatic rings. The molecule has 1 atom stereocenters. The normalized spacial score (nSPS) is 13.2. The van der Waals surface area contributed by atoms with Crippen LogP contribution in [0.15, 0.2) is 0 Å². The van der Waals surface area contributed by atoms with E-state index in [1.807, 2.05) is 0 Å². The summed E-state index contributed by atoms with van der Waals surface area (Å²) in [5.74, 6) is -1.98. The van der Waals surface area contributed by atoms with Gasteiger partial charge in [0, 0.05) is 13.6 Å². The number of hydrogen-bond donors (Lipinski definition) is 0. The lowest BCUT2D eigenvalue weighted by Crippen LogP contribution is -2.36. The zero-order chi connectivity index (χ0) is 14.3. The molecule has 0 amide bonds. The van der Waals surface area contributed by atoms with Gasteiger partial charge in [0.1, 0.15) is 0 Å². The summed E-state index contributed by atoms with van der Waals surface area (Å²) >= 11 is 0. The van der Waals surface area contributed by atoms with E-state index in [1.165, 1.54) is 21.3 Å². The van der Waals surface area contributed by atoms with Crippen molar-refractivity contribution >= 4 is 22.0 Å². The van der Waals surface area contributed by atoms with Crippen molar-refractivity contribution in [3.8, 4) is 0 Å². The second-order valence-corrected chi connectivity index (χ2v) is 6.04. The number of rotatable bonds is 7. The second kappa shape index (κ2) is 7.32. The number of methoxy groups -OCH3 is 2. The molecule has 8 heteroatoms. The van der Waals surface area contributed by atoms with Gasteiger partial charge in [-0.15, -0.1) is 0 Å². The van der Waals surface area contributed by atoms with Crippen molar-refractivity contribution in [1.29, 1.82) is 0 Å². The van der Waals surface area contributed by atoms with Crippen LogP contribution in [-0.4, -0.2) is 58.2 Å². The molecule has 0 fully saturated rings. The molecule has 0 heterocycles. The number of esters is 2. The Kier molecular flexibility index (Phi) is 6.85. The highest BCUT2D eigenvalue weighted by Crippen LogP contribution is 2.07. The number of sulfonamides is 1. The van der Waals surface area contributed by atoms with Crippen LogP contribution in [0.5, 0.6) is 0 Å². The SMILES string of the molecule is COC(=O)CCS(=O)(=O)N(C)CC(C)C(=O)OC. The summed E-state index contributed by atoms with van der Waals surface area (Å²) < 4.78 is 33.4. The van der Waals surface area contributed by atoms with Gasteiger partial charge >= 0.3 is 11.9 Å². The van der Waals surface area contributed by atoms with Gasteiger partial charge in [-0.2, -0.15) is 0 Å². The minimum Gasteiger partial charge on any atom is -0.469 e. The molecule has 106 valence electrons. The third-order valence-electron chi connectivity index (χ3n) is 2.40. The minimum atomic E-state index is -3.58. The van der Waals surface area contributed by atoms with E-state index >= 15 is 0 Å². The molecule has 0 rings (SSSR count). The highest BCUT2D eigenvalue weighted by atomic mass is 32.2. The van der Waals surface area contributed by atoms with Crippen LogP contribution in [0.2, 0.25) is 0 Å². The Hall–Kier alpha value is -1.15. The summed E-state index contributed by atoms with van der Waals surface area (Å²) in [5.41, 5.74) is 0. The molecule has 7 nitrogen and oxygen atoms in total. The topological polar surface area (TPSA) is 90.0 Å². The maximum absolute atomic E-state index is 11.8. The van der Waals surface area contributed by atoms with Crippen LogP contribution in [0.4, 0.5) is 0 Å². The van der Waals surface area contributed by atoms with Gasteiger partial charge in [-0.25, -0.2) is 12.7 Å². The molecule has 0 spiro atoms. The Morgan fingerprint density at radius 1 is 1.22 bits per heavy atom. The predicted molar refractivity (Wildman–Crippen MR) is 64.2 cm³/mol. The van der Waals surface area contributed by atoms with Gasteiger partial charge in [0.2, 0.25) is 10.0 Å². The molecule has 0 bridgehead atoms. The average molecular weight is 281 g/mol. The smallest absolute Gasteiger partial charge is 0.309 e. The van der Waals surface area contributed by atoms with Crippen LogP contribution in [0.3, 0.4) is 0 Å². The molecule has 0 aliphatic carbocycles. The van der Waals surface area contributed by atoms with Crippen molar-refractivity contribution in [3.05, 3.63) is 0 Å². The van der Waals surface area contributed by atoms with E-state index in [1.54, 1.807) is 6.92 Å². The first-order chi connectivity index (χ1) is 8.24. The molecular weight excluding hydrogens is 262 g/mol. The van der Waals surface area contributed by atoms with E-state index in [2.05, 4.69) is 9.47 Å². The minimum absolute atomic E-state index is 0.0101. The Morgan fingerprint density at radius 2 is 1.78 bits per heavy atom. The maximum Gasteiger partial charge on any atom is 0.309 e. The van der Waals surface area contributed by atoms with Crippen molar-refractivity contribution < 1.29 is 27.5 Å². The first-order valence-electron chi connectivity index (χ1n) is 5.33. The third-order valence-corrected chi connectivity index (χ3v) is 4.22. The molecule has 0 aromatic carbocycles. The number of carbonyl (C=O) groups excluding carboxylic acids is 2. The van der Waals surface area contributed by atoms with Crippen LogP contribution >= 0.6 is 0 Å². The summed E-state index contributed by atoms with van der Waals surface area (Å²) in [7, 11) is 0.209. The predicted octanol–water partition coefficient (Wildman–Crippen LogP) is -0.380. The fourth-order valence-corrected chi connectivity index (χ4v) is 2.43. The zero-order valence-electron chi connectivity index (χ0n) is 11.0. The second-order valence-electron chi connectivity index (χ2n) is 3.85. The van der Waals surface area contributed by atoms with Crippen molar-refractivity contribution in [2.24, 2.45) is 5.92 Å². The fourth-order valence-electron chi connectivity index (χ4n) is 1.25. The average Bonchev–Trinajstić information content (AvgIpc) is 2.34. The molecule has 0 N–H and O–H groups in total. The standard InChI is InChI=1S/C10H19NO6S/c1-8(10(13)17-4)7-11(2)18(14,15)6-5-9(12)16-3/h8H,5-7H2,1-4H3. The molecule has 18 heavy (non-hydrogen) atoms. The van der Waals surface area contributed by atoms with Crippen LogP contribution in [0, 0.1) is 5.92 Å². The Balaban J connectivity index is 4.43. The number of carbonyl (C=O) groups is 2. The van der Waals surface area contributed by atoms with Gasteiger partial charge in [-0.1, -0.05) is 6.92 Å². The Bertz CT molecular complexity index is 391. The molecule has 1 unspecified atom stereocenters. The van der Waals surface area contributed by atoms with Gasteiger partial charge in [0.25, 0.3) is 0 Å². The molecule has 0 saturated carbocycles. The van der Waals surface area contributed by atoms with Crippen molar-refractivity contribution in [2.75, 3.05) is 33.6 Å². The molecule has 0 radical (unpaired) electrons. The summed E-state index contributed by atoms with van der Waals surface area (Å²) in [5, 5.41) is 0. The van der Waals surface area contributed by atoms with Crippen molar-refractivity contribution in [2.45, 2.75) is 13.3 Å².